The van der Waals surface area contributed by atoms with Gasteiger partial charge < -0.3 is 16.0 Å². The zero-order chi connectivity index (χ0) is 20.1. The van der Waals surface area contributed by atoms with Crippen LogP contribution in [0.15, 0.2) is 29.3 Å². The molecule has 0 amide bonds. The lowest BCUT2D eigenvalue weighted by atomic mass is 10.1. The van der Waals surface area contributed by atoms with Gasteiger partial charge in [-0.25, -0.2) is 18.4 Å². The van der Waals surface area contributed by atoms with Gasteiger partial charge in [-0.05, 0) is 18.2 Å². The van der Waals surface area contributed by atoms with Crippen molar-refractivity contribution in [3.05, 3.63) is 30.1 Å². The molecule has 0 aliphatic carbocycles. The first-order chi connectivity index (χ1) is 12.5. The summed E-state index contributed by atoms with van der Waals surface area (Å²) in [6.45, 7) is 1.47. The number of aromatic nitrogens is 3. The van der Waals surface area contributed by atoms with E-state index >= 15 is 0 Å². The van der Waals surface area contributed by atoms with E-state index in [1.54, 1.807) is 7.05 Å². The zero-order valence-electron chi connectivity index (χ0n) is 14.4. The molecule has 4 N–H and O–H groups in total. The van der Waals surface area contributed by atoms with Crippen molar-refractivity contribution in [1.29, 1.82) is 0 Å². The third-order valence-corrected chi connectivity index (χ3v) is 5.97. The Balaban J connectivity index is 2.33. The van der Waals surface area contributed by atoms with Crippen molar-refractivity contribution in [3.63, 3.8) is 0 Å². The van der Waals surface area contributed by atoms with E-state index in [0.29, 0.717) is 5.52 Å². The summed E-state index contributed by atoms with van der Waals surface area (Å²) in [6.07, 6.45) is -3.57. The summed E-state index contributed by atoms with van der Waals surface area (Å²) < 4.78 is 65.1. The minimum absolute atomic E-state index is 0.0325. The SMILES string of the molecule is CCS(=O)(=O)c1cc(N)c(N)cc1-c1nc2cc(C(F)(F)F)ncc2n1C. The molecule has 0 saturated carbocycles. The molecule has 0 spiro atoms. The number of fused-ring (bicyclic) bond motifs is 1. The molecular weight excluding hydrogens is 383 g/mol. The first-order valence-electron chi connectivity index (χ1n) is 7.77. The largest absolute Gasteiger partial charge is 0.433 e. The van der Waals surface area contributed by atoms with Gasteiger partial charge in [0.05, 0.1) is 39.3 Å². The average Bonchev–Trinajstić information content (AvgIpc) is 2.92. The number of benzene rings is 1. The monoisotopic (exact) mass is 399 g/mol. The van der Waals surface area contributed by atoms with Crippen molar-refractivity contribution >= 4 is 32.2 Å². The molecule has 11 heteroatoms. The molecule has 0 atom stereocenters. The van der Waals surface area contributed by atoms with Gasteiger partial charge >= 0.3 is 6.18 Å². The molecule has 0 unspecified atom stereocenters. The molecule has 0 bridgehead atoms. The van der Waals surface area contributed by atoms with Gasteiger partial charge in [0.2, 0.25) is 0 Å². The Hall–Kier alpha value is -2.82. The van der Waals surface area contributed by atoms with Crippen molar-refractivity contribution in [1.82, 2.24) is 14.5 Å². The summed E-state index contributed by atoms with van der Waals surface area (Å²) in [4.78, 5) is 7.53. The fourth-order valence-electron chi connectivity index (χ4n) is 2.68. The Kier molecular flexibility index (Phi) is 4.29. The van der Waals surface area contributed by atoms with Gasteiger partial charge in [-0.1, -0.05) is 6.92 Å². The van der Waals surface area contributed by atoms with Gasteiger partial charge in [-0.3, -0.25) is 0 Å². The summed E-state index contributed by atoms with van der Waals surface area (Å²) in [5, 5.41) is 0. The minimum atomic E-state index is -4.62. The molecule has 0 fully saturated rings. The number of hydrogen-bond acceptors (Lipinski definition) is 6. The number of alkyl halides is 3. The summed E-state index contributed by atoms with van der Waals surface area (Å²) in [5.41, 5.74) is 11.2. The third kappa shape index (κ3) is 3.18. The van der Waals surface area contributed by atoms with Crippen LogP contribution in [0, 0.1) is 0 Å². The number of anilines is 2. The number of nitrogens with zero attached hydrogens (tertiary/aromatic N) is 3. The quantitative estimate of drug-likeness (QED) is 0.654. The third-order valence-electron chi connectivity index (χ3n) is 4.20. The minimum Gasteiger partial charge on any atom is -0.397 e. The maximum absolute atomic E-state index is 12.9. The highest BCUT2D eigenvalue weighted by Gasteiger charge is 2.33. The second-order valence-corrected chi connectivity index (χ2v) is 8.18. The van der Waals surface area contributed by atoms with Crippen molar-refractivity contribution in [2.75, 3.05) is 17.2 Å². The number of halogens is 3. The Morgan fingerprint density at radius 3 is 2.37 bits per heavy atom. The number of sulfone groups is 1. The van der Waals surface area contributed by atoms with Crippen LogP contribution in [0.1, 0.15) is 12.6 Å². The van der Waals surface area contributed by atoms with Crippen LogP contribution in [0.4, 0.5) is 24.5 Å². The van der Waals surface area contributed by atoms with Crippen LogP contribution in [-0.2, 0) is 23.1 Å². The molecule has 0 radical (unpaired) electrons. The normalized spacial score (nSPS) is 12.6. The number of hydrogen-bond donors (Lipinski definition) is 2. The van der Waals surface area contributed by atoms with Crippen LogP contribution in [0.3, 0.4) is 0 Å². The summed E-state index contributed by atoms with van der Waals surface area (Å²) in [7, 11) is -2.14. The molecule has 144 valence electrons. The molecule has 0 aliphatic heterocycles. The van der Waals surface area contributed by atoms with E-state index in [-0.39, 0.29) is 38.9 Å². The van der Waals surface area contributed by atoms with E-state index in [2.05, 4.69) is 9.97 Å². The lowest BCUT2D eigenvalue weighted by molar-refractivity contribution is -0.141. The van der Waals surface area contributed by atoms with Gasteiger partial charge in [-0.2, -0.15) is 13.2 Å². The molecular formula is C16H16F3N5O2S. The van der Waals surface area contributed by atoms with E-state index in [1.807, 2.05) is 0 Å². The number of imidazole rings is 1. The smallest absolute Gasteiger partial charge is 0.397 e. The number of rotatable bonds is 3. The molecule has 0 saturated heterocycles. The maximum Gasteiger partial charge on any atom is 0.433 e. The molecule has 2 heterocycles. The molecule has 3 aromatic rings. The summed E-state index contributed by atoms with van der Waals surface area (Å²) in [6, 6.07) is 3.41. The van der Waals surface area contributed by atoms with Crippen LogP contribution < -0.4 is 11.5 Å². The Morgan fingerprint density at radius 1 is 1.15 bits per heavy atom. The summed E-state index contributed by atoms with van der Waals surface area (Å²) >= 11 is 0. The maximum atomic E-state index is 12.9. The van der Waals surface area contributed by atoms with Crippen molar-refractivity contribution in [2.24, 2.45) is 7.05 Å². The lowest BCUT2D eigenvalue weighted by Crippen LogP contribution is -2.09. The highest BCUT2D eigenvalue weighted by atomic mass is 32.2. The molecule has 2 aromatic heterocycles. The van der Waals surface area contributed by atoms with Crippen LogP contribution >= 0.6 is 0 Å². The van der Waals surface area contributed by atoms with Crippen LogP contribution in [0.2, 0.25) is 0 Å². The Bertz CT molecular complexity index is 1150. The molecule has 3 rings (SSSR count). The van der Waals surface area contributed by atoms with Gasteiger partial charge in [-0.15, -0.1) is 0 Å². The lowest BCUT2D eigenvalue weighted by Gasteiger charge is -2.12. The fraction of sp³-hybridized carbons (Fsp3) is 0.250. The van der Waals surface area contributed by atoms with Crippen molar-refractivity contribution in [2.45, 2.75) is 18.0 Å². The number of aryl methyl sites for hydroxylation is 1. The molecule has 7 nitrogen and oxygen atoms in total. The molecule has 0 aliphatic rings. The van der Waals surface area contributed by atoms with E-state index in [1.165, 1.54) is 23.6 Å². The van der Waals surface area contributed by atoms with Gasteiger partial charge in [0, 0.05) is 12.6 Å². The van der Waals surface area contributed by atoms with Gasteiger partial charge in [0.1, 0.15) is 11.5 Å². The zero-order valence-corrected chi connectivity index (χ0v) is 15.2. The van der Waals surface area contributed by atoms with Crippen LogP contribution in [-0.4, -0.2) is 28.7 Å². The van der Waals surface area contributed by atoms with Crippen LogP contribution in [0.25, 0.3) is 22.4 Å². The standard InChI is InChI=1S/C16H16F3N5O2S/c1-3-27(25,26)13-5-10(21)9(20)4-8(13)15-23-11-6-14(16(17,18)19)22-7-12(11)24(15)2/h4-7H,3,20-21H2,1-2H3. The van der Waals surface area contributed by atoms with E-state index in [4.69, 9.17) is 11.5 Å². The highest BCUT2D eigenvalue weighted by molar-refractivity contribution is 7.91. The number of pyridine rings is 1. The summed E-state index contributed by atoms with van der Waals surface area (Å²) in [5.74, 6) is -0.0440. The first kappa shape index (κ1) is 19.0. The topological polar surface area (TPSA) is 117 Å². The predicted molar refractivity (Wildman–Crippen MR) is 95.5 cm³/mol. The second kappa shape index (κ2) is 6.12. The molecule has 27 heavy (non-hydrogen) atoms. The number of nitrogen functional groups attached to an aromatic ring is 2. The Labute approximate surface area is 152 Å². The number of nitrogens with two attached hydrogens (primary N) is 2. The second-order valence-electron chi connectivity index (χ2n) is 5.93. The Morgan fingerprint density at radius 2 is 1.78 bits per heavy atom. The van der Waals surface area contributed by atoms with Crippen LogP contribution in [0.5, 0.6) is 0 Å². The molecule has 1 aromatic carbocycles. The van der Waals surface area contributed by atoms with E-state index < -0.39 is 21.7 Å². The van der Waals surface area contributed by atoms with Crippen molar-refractivity contribution in [3.8, 4) is 11.4 Å². The van der Waals surface area contributed by atoms with E-state index in [0.717, 1.165) is 12.3 Å². The fourth-order valence-corrected chi connectivity index (χ4v) is 3.79. The van der Waals surface area contributed by atoms with Gasteiger partial charge in [0.15, 0.2) is 9.84 Å². The van der Waals surface area contributed by atoms with Gasteiger partial charge in [0.25, 0.3) is 0 Å². The van der Waals surface area contributed by atoms with Crippen molar-refractivity contribution < 1.29 is 21.6 Å². The average molecular weight is 399 g/mol. The predicted octanol–water partition coefficient (Wildman–Crippen LogP) is 2.61. The first-order valence-corrected chi connectivity index (χ1v) is 9.42. The van der Waals surface area contributed by atoms with E-state index in [9.17, 15) is 21.6 Å². The highest BCUT2D eigenvalue weighted by Crippen LogP contribution is 2.35.